The Labute approximate surface area is 149 Å². The number of aryl methyl sites for hydroxylation is 1. The van der Waals surface area contributed by atoms with Crippen LogP contribution in [0.15, 0.2) is 23.8 Å². The second-order valence-corrected chi connectivity index (χ2v) is 6.42. The van der Waals surface area contributed by atoms with Gasteiger partial charge in [0.15, 0.2) is 0 Å². The fraction of sp³-hybridized carbons (Fsp3) is 0.375. The minimum absolute atomic E-state index is 0.107. The summed E-state index contributed by atoms with van der Waals surface area (Å²) in [6.45, 7) is 3.08. The Morgan fingerprint density at radius 1 is 1.48 bits per heavy atom. The second-order valence-electron chi connectivity index (χ2n) is 6.02. The van der Waals surface area contributed by atoms with E-state index < -0.39 is 5.82 Å². The maximum absolute atomic E-state index is 14.1. The van der Waals surface area contributed by atoms with Gasteiger partial charge in [0.25, 0.3) is 5.95 Å². The summed E-state index contributed by atoms with van der Waals surface area (Å²) in [4.78, 5) is 14.0. The number of urea groups is 1. The van der Waals surface area contributed by atoms with Crippen molar-refractivity contribution in [3.8, 4) is 0 Å². The molecule has 2 amide bonds. The summed E-state index contributed by atoms with van der Waals surface area (Å²) < 4.78 is 15.5. The van der Waals surface area contributed by atoms with Crippen LogP contribution in [0.5, 0.6) is 0 Å². The number of anilines is 1. The molecule has 7 nitrogen and oxygen atoms in total. The quantitative estimate of drug-likeness (QED) is 0.888. The molecule has 9 heteroatoms. The Morgan fingerprint density at radius 3 is 2.96 bits per heavy atom. The van der Waals surface area contributed by atoms with Crippen LogP contribution >= 0.6 is 11.6 Å². The van der Waals surface area contributed by atoms with Crippen molar-refractivity contribution in [1.29, 1.82) is 0 Å². The molecular weight excluding hydrogens is 347 g/mol. The number of nitrogens with one attached hydrogen (secondary N) is 1. The van der Waals surface area contributed by atoms with E-state index in [1.807, 2.05) is 13.0 Å². The number of nitrogens with zero attached hydrogens (tertiary/aromatic N) is 5. The van der Waals surface area contributed by atoms with E-state index in [2.05, 4.69) is 20.8 Å². The van der Waals surface area contributed by atoms with Crippen molar-refractivity contribution in [2.45, 2.75) is 13.3 Å². The third kappa shape index (κ3) is 3.79. The summed E-state index contributed by atoms with van der Waals surface area (Å²) in [7, 11) is 1.65. The zero-order chi connectivity index (χ0) is 18.0. The van der Waals surface area contributed by atoms with E-state index in [-0.39, 0.29) is 17.0 Å². The molecule has 0 saturated carbocycles. The molecule has 1 aromatic carbocycles. The molecule has 1 saturated heterocycles. The van der Waals surface area contributed by atoms with Gasteiger partial charge in [0.1, 0.15) is 5.82 Å². The van der Waals surface area contributed by atoms with E-state index in [0.717, 1.165) is 5.57 Å². The summed E-state index contributed by atoms with van der Waals surface area (Å²) in [5, 5.41) is 13.7. The number of hydrogen-bond acceptors (Lipinski definition) is 4. The van der Waals surface area contributed by atoms with Gasteiger partial charge >= 0.3 is 6.03 Å². The molecule has 0 spiro atoms. The van der Waals surface area contributed by atoms with Crippen LogP contribution in [0.3, 0.4) is 0 Å². The van der Waals surface area contributed by atoms with Crippen molar-refractivity contribution in [3.05, 3.63) is 40.2 Å². The van der Waals surface area contributed by atoms with Crippen molar-refractivity contribution < 1.29 is 9.18 Å². The monoisotopic (exact) mass is 364 g/mol. The first-order chi connectivity index (χ1) is 12.0. The fourth-order valence-electron chi connectivity index (χ4n) is 2.79. The van der Waals surface area contributed by atoms with Crippen LogP contribution in [0, 0.1) is 11.7 Å². The Bertz CT molecular complexity index is 821. The number of benzene rings is 1. The maximum atomic E-state index is 14.1. The van der Waals surface area contributed by atoms with Gasteiger partial charge in [0, 0.05) is 25.7 Å². The van der Waals surface area contributed by atoms with Gasteiger partial charge in [0.2, 0.25) is 0 Å². The van der Waals surface area contributed by atoms with Gasteiger partial charge in [-0.3, -0.25) is 5.32 Å². The van der Waals surface area contributed by atoms with Gasteiger partial charge in [-0.05, 0) is 28.8 Å². The average Bonchev–Trinajstić information content (AvgIpc) is 2.98. The Morgan fingerprint density at radius 2 is 2.28 bits per heavy atom. The molecule has 1 unspecified atom stereocenters. The molecule has 0 bridgehead atoms. The highest BCUT2D eigenvalue weighted by Crippen LogP contribution is 2.27. The topological polar surface area (TPSA) is 75.9 Å². The molecule has 132 valence electrons. The number of piperidine rings is 1. The molecule has 3 rings (SSSR count). The van der Waals surface area contributed by atoms with E-state index in [1.165, 1.54) is 10.7 Å². The van der Waals surface area contributed by atoms with Crippen molar-refractivity contribution in [2.24, 2.45) is 13.0 Å². The standard InChI is InChI=1S/C16H18ClFN6O/c1-10-9-24(16(25)19-15-20-21-22-23(15)2)7-6-11(10)8-12-4-3-5-13(17)14(12)18/h3-5,8,10H,6-7,9H2,1-2H3,(H,19,20,22,25)/b11-8+. The molecule has 2 aromatic rings. The summed E-state index contributed by atoms with van der Waals surface area (Å²) in [6.07, 6.45) is 2.49. The van der Waals surface area contributed by atoms with Gasteiger partial charge in [-0.1, -0.05) is 47.4 Å². The van der Waals surface area contributed by atoms with Crippen LogP contribution < -0.4 is 5.32 Å². The summed E-state index contributed by atoms with van der Waals surface area (Å²) in [5.41, 5.74) is 1.56. The molecule has 1 atom stereocenters. The lowest BCUT2D eigenvalue weighted by atomic mass is 9.91. The first-order valence-electron chi connectivity index (χ1n) is 7.88. The number of carbonyl (C=O) groups is 1. The highest BCUT2D eigenvalue weighted by atomic mass is 35.5. The predicted molar refractivity (Wildman–Crippen MR) is 92.6 cm³/mol. The molecular formula is C16H18ClFN6O. The lowest BCUT2D eigenvalue weighted by Crippen LogP contribution is -2.42. The number of likely N-dealkylation sites (tertiary alicyclic amines) is 1. The Hall–Kier alpha value is -2.48. The molecule has 1 aliphatic heterocycles. The third-order valence-electron chi connectivity index (χ3n) is 4.25. The minimum atomic E-state index is -0.418. The Kier molecular flexibility index (Phi) is 4.98. The predicted octanol–water partition coefficient (Wildman–Crippen LogP) is 2.96. The van der Waals surface area contributed by atoms with Gasteiger partial charge < -0.3 is 4.90 Å². The van der Waals surface area contributed by atoms with Crippen LogP contribution in [0.2, 0.25) is 5.02 Å². The largest absolute Gasteiger partial charge is 0.324 e. The number of rotatable bonds is 2. The number of carbonyl (C=O) groups excluding carboxylic acids is 1. The van der Waals surface area contributed by atoms with Crippen molar-refractivity contribution >= 4 is 29.7 Å². The average molecular weight is 365 g/mol. The smallest absolute Gasteiger partial charge is 0.324 e. The van der Waals surface area contributed by atoms with E-state index in [0.29, 0.717) is 31.0 Å². The van der Waals surface area contributed by atoms with E-state index >= 15 is 0 Å². The Balaban J connectivity index is 1.68. The molecule has 25 heavy (non-hydrogen) atoms. The molecule has 1 fully saturated rings. The van der Waals surface area contributed by atoms with Crippen molar-refractivity contribution in [2.75, 3.05) is 18.4 Å². The minimum Gasteiger partial charge on any atom is -0.324 e. The number of aromatic nitrogens is 4. The zero-order valence-corrected chi connectivity index (χ0v) is 14.7. The highest BCUT2D eigenvalue weighted by Gasteiger charge is 2.25. The van der Waals surface area contributed by atoms with Gasteiger partial charge in [-0.25, -0.2) is 13.9 Å². The number of hydrogen-bond donors (Lipinski definition) is 1. The molecule has 0 aliphatic carbocycles. The fourth-order valence-corrected chi connectivity index (χ4v) is 2.97. The summed E-state index contributed by atoms with van der Waals surface area (Å²) in [5.74, 6) is -0.0192. The highest BCUT2D eigenvalue weighted by molar-refractivity contribution is 6.30. The normalized spacial score (nSPS) is 19.3. The molecule has 0 radical (unpaired) electrons. The second kappa shape index (κ2) is 7.18. The first-order valence-corrected chi connectivity index (χ1v) is 8.26. The molecule has 2 heterocycles. The third-order valence-corrected chi connectivity index (χ3v) is 4.54. The van der Waals surface area contributed by atoms with E-state index in [1.54, 1.807) is 24.1 Å². The number of halogens is 2. The summed E-state index contributed by atoms with van der Waals surface area (Å²) in [6, 6.07) is 4.69. The van der Waals surface area contributed by atoms with Crippen molar-refractivity contribution in [3.63, 3.8) is 0 Å². The van der Waals surface area contributed by atoms with E-state index in [9.17, 15) is 9.18 Å². The lowest BCUT2D eigenvalue weighted by Gasteiger charge is -2.33. The lowest BCUT2D eigenvalue weighted by molar-refractivity contribution is 0.197. The van der Waals surface area contributed by atoms with Gasteiger partial charge in [-0.15, -0.1) is 0 Å². The van der Waals surface area contributed by atoms with Crippen molar-refractivity contribution in [1.82, 2.24) is 25.1 Å². The van der Waals surface area contributed by atoms with Crippen LogP contribution in [-0.2, 0) is 7.05 Å². The first kappa shape index (κ1) is 17.3. The molecule has 1 N–H and O–H groups in total. The van der Waals surface area contributed by atoms with Gasteiger partial charge in [0.05, 0.1) is 5.02 Å². The summed E-state index contributed by atoms with van der Waals surface area (Å²) >= 11 is 5.83. The van der Waals surface area contributed by atoms with Gasteiger partial charge in [-0.2, -0.15) is 0 Å². The van der Waals surface area contributed by atoms with Crippen LogP contribution in [-0.4, -0.2) is 44.2 Å². The van der Waals surface area contributed by atoms with Crippen LogP contribution in [0.1, 0.15) is 18.9 Å². The van der Waals surface area contributed by atoms with E-state index in [4.69, 9.17) is 11.6 Å². The number of amides is 2. The maximum Gasteiger partial charge on any atom is 0.324 e. The van der Waals surface area contributed by atoms with Crippen LogP contribution in [0.4, 0.5) is 15.1 Å². The zero-order valence-electron chi connectivity index (χ0n) is 13.9. The SMILES string of the molecule is CC1CN(C(=O)Nc2nnnn2C)CC/C1=C\c1cccc(Cl)c1F. The molecule has 1 aromatic heterocycles. The number of tetrazole rings is 1. The van der Waals surface area contributed by atoms with Crippen LogP contribution in [0.25, 0.3) is 6.08 Å². The molecule has 1 aliphatic rings.